The van der Waals surface area contributed by atoms with Crippen molar-refractivity contribution < 1.29 is 38.2 Å². The Kier molecular flexibility index (Phi) is 33.7. The molecule has 2 atom stereocenters. The summed E-state index contributed by atoms with van der Waals surface area (Å²) in [6, 6.07) is -0.640. The normalized spacial score (nSPS) is 14.0. The van der Waals surface area contributed by atoms with Gasteiger partial charge >= 0.3 is 17.9 Å². The van der Waals surface area contributed by atoms with Crippen LogP contribution >= 0.6 is 0 Å². The maximum atomic E-state index is 12.6. The summed E-state index contributed by atoms with van der Waals surface area (Å²) >= 11 is 0. The molecule has 0 heterocycles. The van der Waals surface area contributed by atoms with Crippen LogP contribution in [0.5, 0.6) is 0 Å². The molecule has 0 bridgehead atoms. The molecule has 0 aliphatic rings. The largest absolute Gasteiger partial charge is 0.477 e. The van der Waals surface area contributed by atoms with Gasteiger partial charge in [0.25, 0.3) is 0 Å². The fourth-order valence-corrected chi connectivity index (χ4v) is 5.19. The smallest absolute Gasteiger partial charge is 0.362 e. The van der Waals surface area contributed by atoms with Crippen LogP contribution in [0.3, 0.4) is 0 Å². The zero-order chi connectivity index (χ0) is 40.0. The number of carbonyl (C=O) groups excluding carboxylic acids is 2. The third kappa shape index (κ3) is 34.0. The molecule has 0 saturated carbocycles. The molecule has 0 fully saturated rings. The highest BCUT2D eigenvalue weighted by molar-refractivity contribution is 5.72. The van der Waals surface area contributed by atoms with Gasteiger partial charge in [-0.3, -0.25) is 9.59 Å². The van der Waals surface area contributed by atoms with Gasteiger partial charge in [-0.15, -0.1) is 0 Å². The van der Waals surface area contributed by atoms with E-state index in [1.54, 1.807) is 0 Å². The van der Waals surface area contributed by atoms with Crippen LogP contribution in [0.2, 0.25) is 0 Å². The van der Waals surface area contributed by atoms with E-state index in [1.807, 2.05) is 75.8 Å². The van der Waals surface area contributed by atoms with Crippen molar-refractivity contribution in [3.8, 4) is 0 Å². The van der Waals surface area contributed by atoms with E-state index in [0.717, 1.165) is 25.7 Å². The molecule has 8 heteroatoms. The molecule has 0 spiro atoms. The highest BCUT2D eigenvalue weighted by Crippen LogP contribution is 2.11. The topological polar surface area (TPSA) is 99.1 Å². The number of likely N-dealkylation sites (N-methyl/N-ethyl adjacent to an activating group) is 1. The summed E-state index contributed by atoms with van der Waals surface area (Å²) in [5.41, 5.74) is 0. The number of rotatable bonds is 34. The first-order valence-electron chi connectivity index (χ1n) is 20.3. The van der Waals surface area contributed by atoms with Crippen molar-refractivity contribution >= 4 is 17.9 Å². The van der Waals surface area contributed by atoms with Crippen LogP contribution in [0.1, 0.15) is 123 Å². The molecule has 304 valence electrons. The van der Waals surface area contributed by atoms with E-state index < -0.39 is 24.1 Å². The molecular weight excluding hydrogens is 679 g/mol. The first kappa shape index (κ1) is 50.2. The number of hydrogen-bond acceptors (Lipinski definition) is 6. The van der Waals surface area contributed by atoms with Crippen LogP contribution in [0.15, 0.2) is 97.2 Å². The first-order valence-corrected chi connectivity index (χ1v) is 20.3. The molecule has 0 radical (unpaired) electrons. The number of quaternary nitrogens is 1. The highest BCUT2D eigenvalue weighted by atomic mass is 16.6. The molecule has 0 aromatic carbocycles. The third-order valence-electron chi connectivity index (χ3n) is 8.35. The van der Waals surface area contributed by atoms with Crippen LogP contribution in [-0.2, 0) is 28.6 Å². The number of unbranched alkanes of at least 4 members (excludes halogenated alkanes) is 8. The van der Waals surface area contributed by atoms with E-state index in [9.17, 15) is 19.5 Å². The summed E-state index contributed by atoms with van der Waals surface area (Å²) in [4.78, 5) is 36.8. The van der Waals surface area contributed by atoms with Gasteiger partial charge in [0.15, 0.2) is 12.1 Å². The zero-order valence-electron chi connectivity index (χ0n) is 34.4. The Morgan fingerprint density at radius 1 is 0.593 bits per heavy atom. The lowest BCUT2D eigenvalue weighted by molar-refractivity contribution is -0.887. The molecule has 0 aliphatic carbocycles. The molecule has 0 amide bonds. The first-order chi connectivity index (χ1) is 26.1. The number of hydrogen-bond donors (Lipinski definition) is 1. The lowest BCUT2D eigenvalue weighted by atomic mass is 10.1. The number of carboxylic acid groups (broad SMARTS) is 1. The van der Waals surface area contributed by atoms with Crippen molar-refractivity contribution in [1.29, 1.82) is 0 Å². The van der Waals surface area contributed by atoms with E-state index in [4.69, 9.17) is 14.2 Å². The summed E-state index contributed by atoms with van der Waals surface area (Å²) < 4.78 is 17.1. The number of nitrogens with zero attached hydrogens (tertiary/aromatic N) is 1. The lowest BCUT2D eigenvalue weighted by Crippen LogP contribution is -2.50. The molecule has 54 heavy (non-hydrogen) atoms. The van der Waals surface area contributed by atoms with Crippen LogP contribution in [0.25, 0.3) is 0 Å². The van der Waals surface area contributed by atoms with Gasteiger partial charge in [-0.2, -0.15) is 0 Å². The van der Waals surface area contributed by atoms with Gasteiger partial charge in [0, 0.05) is 19.3 Å². The van der Waals surface area contributed by atoms with Crippen molar-refractivity contribution in [1.82, 2.24) is 0 Å². The lowest BCUT2D eigenvalue weighted by Gasteiger charge is -2.31. The van der Waals surface area contributed by atoms with Crippen molar-refractivity contribution in [2.45, 2.75) is 135 Å². The minimum Gasteiger partial charge on any atom is -0.477 e. The highest BCUT2D eigenvalue weighted by Gasteiger charge is 2.31. The van der Waals surface area contributed by atoms with Gasteiger partial charge in [-0.25, -0.2) is 4.79 Å². The SMILES string of the molecule is CC/C=C/C=C/C=C/C=C/C=C/CCCC(=O)OC(COCCC(C(=O)O)[N+](C)(C)C)COC(=O)CCC/C=C/C/C=C/C/C=C/CCCCCCCC. The average molecular weight is 753 g/mol. The predicted molar refractivity (Wildman–Crippen MR) is 224 cm³/mol. The van der Waals surface area contributed by atoms with Gasteiger partial charge in [-0.05, 0) is 57.8 Å². The molecule has 0 aromatic heterocycles. The number of carbonyl (C=O) groups is 3. The Hall–Kier alpha value is -3.75. The quantitative estimate of drug-likeness (QED) is 0.0230. The monoisotopic (exact) mass is 753 g/mol. The molecule has 2 unspecified atom stereocenters. The molecule has 1 N–H and O–H groups in total. The van der Waals surface area contributed by atoms with E-state index >= 15 is 0 Å². The number of esters is 2. The Morgan fingerprint density at radius 2 is 1.11 bits per heavy atom. The number of allylic oxidation sites excluding steroid dienone is 16. The molecular formula is C46H74NO7+. The van der Waals surface area contributed by atoms with Crippen LogP contribution in [-0.4, -0.2) is 80.6 Å². The Labute approximate surface area is 328 Å². The second-order valence-corrected chi connectivity index (χ2v) is 14.3. The van der Waals surface area contributed by atoms with Crippen LogP contribution in [0, 0.1) is 0 Å². The maximum absolute atomic E-state index is 12.6. The molecule has 8 nitrogen and oxygen atoms in total. The van der Waals surface area contributed by atoms with Crippen molar-refractivity contribution in [3.05, 3.63) is 97.2 Å². The number of ether oxygens (including phenoxy) is 3. The van der Waals surface area contributed by atoms with Crippen molar-refractivity contribution in [3.63, 3.8) is 0 Å². The molecule has 0 rings (SSSR count). The fraction of sp³-hybridized carbons (Fsp3) is 0.587. The van der Waals surface area contributed by atoms with E-state index in [2.05, 4.69) is 56.4 Å². The summed E-state index contributed by atoms with van der Waals surface area (Å²) in [6.07, 6.45) is 47.6. The Morgan fingerprint density at radius 3 is 1.70 bits per heavy atom. The summed E-state index contributed by atoms with van der Waals surface area (Å²) in [5, 5.41) is 9.59. The zero-order valence-corrected chi connectivity index (χ0v) is 34.4. The summed E-state index contributed by atoms with van der Waals surface area (Å²) in [7, 11) is 5.46. The van der Waals surface area contributed by atoms with Gasteiger partial charge in [0.2, 0.25) is 0 Å². The molecule has 0 saturated heterocycles. The van der Waals surface area contributed by atoms with Gasteiger partial charge < -0.3 is 23.8 Å². The van der Waals surface area contributed by atoms with Gasteiger partial charge in [0.1, 0.15) is 6.61 Å². The third-order valence-corrected chi connectivity index (χ3v) is 8.35. The second-order valence-electron chi connectivity index (χ2n) is 14.3. The van der Waals surface area contributed by atoms with Crippen molar-refractivity contribution in [2.24, 2.45) is 0 Å². The Bertz CT molecular complexity index is 1200. The fourth-order valence-electron chi connectivity index (χ4n) is 5.19. The summed E-state index contributed by atoms with van der Waals surface area (Å²) in [6.45, 7) is 4.41. The van der Waals surface area contributed by atoms with E-state index in [0.29, 0.717) is 25.7 Å². The predicted octanol–water partition coefficient (Wildman–Crippen LogP) is 10.7. The minimum absolute atomic E-state index is 0.00989. The van der Waals surface area contributed by atoms with Gasteiger partial charge in [-0.1, -0.05) is 143 Å². The average Bonchev–Trinajstić information content (AvgIpc) is 3.12. The maximum Gasteiger partial charge on any atom is 0.362 e. The van der Waals surface area contributed by atoms with Crippen LogP contribution in [0.4, 0.5) is 0 Å². The minimum atomic E-state index is -0.898. The van der Waals surface area contributed by atoms with Crippen molar-refractivity contribution in [2.75, 3.05) is 41.0 Å². The number of carboxylic acids is 1. The Balaban J connectivity index is 4.60. The number of aliphatic carboxylic acids is 1. The molecule has 0 aromatic rings. The van der Waals surface area contributed by atoms with E-state index in [1.165, 1.54) is 44.9 Å². The second kappa shape index (κ2) is 36.2. The van der Waals surface area contributed by atoms with Gasteiger partial charge in [0.05, 0.1) is 34.4 Å². The summed E-state index contributed by atoms with van der Waals surface area (Å²) in [5.74, 6) is -1.65. The standard InChI is InChI=1S/C46H73NO7/c1-6-8-10-12-14-16-18-20-21-22-23-25-26-28-30-32-34-36-44(48)53-41-42(40-52-39-38-43(46(50)51)47(3,4)5)54-45(49)37-35-33-31-29-27-24-19-17-15-13-11-9-7-2/h9,11,13,15,17,19-21,23-25,27-31,42-43H,6-8,10,12,14,16,18,22,26,32-41H2,1-5H3/p+1/b11-9+,15-13+,19-17+,21-20+,25-23+,27-24+,30-28+,31-29+. The molecule has 0 aliphatic heterocycles. The van der Waals surface area contributed by atoms with Crippen LogP contribution < -0.4 is 0 Å². The van der Waals surface area contributed by atoms with E-state index in [-0.39, 0.29) is 43.1 Å².